The number of esters is 1. The van der Waals surface area contributed by atoms with Gasteiger partial charge in [0.2, 0.25) is 0 Å². The molecule has 1 fully saturated rings. The van der Waals surface area contributed by atoms with Crippen LogP contribution in [0, 0.1) is 11.8 Å². The number of carbonyl (C=O) groups excluding carboxylic acids is 2. The molecule has 22 heavy (non-hydrogen) atoms. The van der Waals surface area contributed by atoms with Crippen molar-refractivity contribution in [1.82, 2.24) is 10.3 Å². The van der Waals surface area contributed by atoms with E-state index in [2.05, 4.69) is 24.1 Å². The van der Waals surface area contributed by atoms with Crippen molar-refractivity contribution in [3.63, 3.8) is 0 Å². The summed E-state index contributed by atoms with van der Waals surface area (Å²) in [5.74, 6) is 0.106. The van der Waals surface area contributed by atoms with E-state index in [0.717, 1.165) is 12.8 Å². The van der Waals surface area contributed by atoms with E-state index >= 15 is 0 Å². The summed E-state index contributed by atoms with van der Waals surface area (Å²) >= 11 is 5.81. The molecule has 0 radical (unpaired) electrons. The maximum atomic E-state index is 11.9. The summed E-state index contributed by atoms with van der Waals surface area (Å²) in [6.07, 6.45) is 4.76. The van der Waals surface area contributed by atoms with Crippen LogP contribution in [0.2, 0.25) is 5.15 Å². The third-order valence-corrected chi connectivity index (χ3v) is 4.67. The molecular formula is C16H21ClN2O3. The van der Waals surface area contributed by atoms with E-state index in [1.165, 1.54) is 18.7 Å². The molecule has 1 amide bonds. The fraction of sp³-hybridized carbons (Fsp3) is 0.562. The highest BCUT2D eigenvalue weighted by Crippen LogP contribution is 2.29. The minimum absolute atomic E-state index is 0.0719. The number of hydrogen-bond acceptors (Lipinski definition) is 4. The molecule has 0 bridgehead atoms. The van der Waals surface area contributed by atoms with Crippen molar-refractivity contribution < 1.29 is 14.3 Å². The van der Waals surface area contributed by atoms with Gasteiger partial charge in [-0.05, 0) is 30.4 Å². The molecule has 2 rings (SSSR count). The van der Waals surface area contributed by atoms with E-state index in [0.29, 0.717) is 11.8 Å². The average Bonchev–Trinajstić information content (AvgIpc) is 2.50. The van der Waals surface area contributed by atoms with Crippen LogP contribution in [0.1, 0.15) is 43.5 Å². The first-order chi connectivity index (χ1) is 10.5. The highest BCUT2D eigenvalue weighted by atomic mass is 35.5. The summed E-state index contributed by atoms with van der Waals surface area (Å²) in [6.45, 7) is 4.05. The molecule has 6 heteroatoms. The zero-order chi connectivity index (χ0) is 16.1. The van der Waals surface area contributed by atoms with Crippen LogP contribution in [0.3, 0.4) is 0 Å². The van der Waals surface area contributed by atoms with Crippen molar-refractivity contribution in [3.8, 4) is 0 Å². The number of hydrogen-bond donors (Lipinski definition) is 1. The van der Waals surface area contributed by atoms with Gasteiger partial charge in [0.05, 0.1) is 5.56 Å². The van der Waals surface area contributed by atoms with E-state index in [4.69, 9.17) is 16.3 Å². The minimum atomic E-state index is -0.640. The first-order valence-corrected chi connectivity index (χ1v) is 7.94. The van der Waals surface area contributed by atoms with Crippen molar-refractivity contribution in [1.29, 1.82) is 0 Å². The summed E-state index contributed by atoms with van der Waals surface area (Å²) in [5.41, 5.74) is 0.164. The fourth-order valence-electron chi connectivity index (χ4n) is 2.78. The number of carbonyl (C=O) groups is 2. The Morgan fingerprint density at radius 3 is 2.91 bits per heavy atom. The summed E-state index contributed by atoms with van der Waals surface area (Å²) < 4.78 is 5.00. The lowest BCUT2D eigenvalue weighted by molar-refractivity contribution is -0.125. The molecule has 1 N–H and O–H groups in total. The van der Waals surface area contributed by atoms with E-state index in [9.17, 15) is 9.59 Å². The molecule has 3 atom stereocenters. The van der Waals surface area contributed by atoms with Crippen LogP contribution in [0.5, 0.6) is 0 Å². The molecule has 0 saturated heterocycles. The Labute approximate surface area is 135 Å². The molecule has 0 aliphatic heterocycles. The van der Waals surface area contributed by atoms with E-state index in [1.54, 1.807) is 6.07 Å². The number of nitrogens with zero attached hydrogens (tertiary/aromatic N) is 1. The van der Waals surface area contributed by atoms with E-state index in [-0.39, 0.29) is 29.3 Å². The monoisotopic (exact) mass is 324 g/mol. The van der Waals surface area contributed by atoms with Crippen LogP contribution in [0.25, 0.3) is 0 Å². The number of ether oxygens (including phenoxy) is 1. The van der Waals surface area contributed by atoms with Crippen LogP contribution >= 0.6 is 11.6 Å². The number of aromatic nitrogens is 1. The predicted octanol–water partition coefficient (Wildman–Crippen LogP) is 2.83. The van der Waals surface area contributed by atoms with Gasteiger partial charge in [-0.2, -0.15) is 0 Å². The topological polar surface area (TPSA) is 68.3 Å². The number of rotatable bonds is 4. The van der Waals surface area contributed by atoms with Gasteiger partial charge in [-0.15, -0.1) is 0 Å². The van der Waals surface area contributed by atoms with Crippen LogP contribution in [-0.2, 0) is 9.53 Å². The third kappa shape index (κ3) is 4.19. The lowest BCUT2D eigenvalue weighted by atomic mass is 9.78. The van der Waals surface area contributed by atoms with Gasteiger partial charge in [-0.3, -0.25) is 4.79 Å². The molecule has 1 aliphatic rings. The van der Waals surface area contributed by atoms with Crippen LogP contribution < -0.4 is 5.32 Å². The van der Waals surface area contributed by atoms with Crippen molar-refractivity contribution in [2.45, 2.75) is 39.2 Å². The Hall–Kier alpha value is -1.62. The molecule has 120 valence electrons. The van der Waals surface area contributed by atoms with E-state index in [1.807, 2.05) is 0 Å². The van der Waals surface area contributed by atoms with Gasteiger partial charge in [0.25, 0.3) is 5.91 Å². The van der Waals surface area contributed by atoms with Gasteiger partial charge in [-0.25, -0.2) is 9.78 Å². The minimum Gasteiger partial charge on any atom is -0.452 e. The number of halogens is 1. The molecule has 1 heterocycles. The largest absolute Gasteiger partial charge is 0.452 e. The number of pyridine rings is 1. The van der Waals surface area contributed by atoms with Crippen molar-refractivity contribution in [2.75, 3.05) is 6.61 Å². The second kappa shape index (κ2) is 7.58. The Bertz CT molecular complexity index is 550. The molecular weight excluding hydrogens is 304 g/mol. The highest BCUT2D eigenvalue weighted by molar-refractivity contribution is 6.32. The van der Waals surface area contributed by atoms with Gasteiger partial charge in [0, 0.05) is 12.2 Å². The zero-order valence-corrected chi connectivity index (χ0v) is 13.6. The first-order valence-electron chi connectivity index (χ1n) is 7.56. The molecule has 1 aliphatic carbocycles. The van der Waals surface area contributed by atoms with Crippen LogP contribution in [0.15, 0.2) is 18.3 Å². The van der Waals surface area contributed by atoms with Crippen LogP contribution in [0.4, 0.5) is 0 Å². The van der Waals surface area contributed by atoms with Gasteiger partial charge in [0.15, 0.2) is 6.61 Å². The smallest absolute Gasteiger partial charge is 0.341 e. The lowest BCUT2D eigenvalue weighted by Gasteiger charge is -2.34. The van der Waals surface area contributed by atoms with Crippen molar-refractivity contribution >= 4 is 23.5 Å². The summed E-state index contributed by atoms with van der Waals surface area (Å²) in [7, 11) is 0. The Morgan fingerprint density at radius 1 is 1.41 bits per heavy atom. The maximum Gasteiger partial charge on any atom is 0.341 e. The molecule has 0 unspecified atom stereocenters. The zero-order valence-electron chi connectivity index (χ0n) is 12.8. The summed E-state index contributed by atoms with van der Waals surface area (Å²) in [5, 5.41) is 3.03. The van der Waals surface area contributed by atoms with Crippen LogP contribution in [-0.4, -0.2) is 29.5 Å². The first kappa shape index (κ1) is 16.7. The van der Waals surface area contributed by atoms with Gasteiger partial charge in [0.1, 0.15) is 5.15 Å². The molecule has 1 aromatic heterocycles. The molecule has 5 nitrogen and oxygen atoms in total. The highest BCUT2D eigenvalue weighted by Gasteiger charge is 2.28. The maximum absolute atomic E-state index is 11.9. The Balaban J connectivity index is 1.83. The second-order valence-electron chi connectivity index (χ2n) is 5.86. The van der Waals surface area contributed by atoms with Gasteiger partial charge in [-0.1, -0.05) is 38.3 Å². The average molecular weight is 325 g/mol. The predicted molar refractivity (Wildman–Crippen MR) is 83.6 cm³/mol. The van der Waals surface area contributed by atoms with E-state index < -0.39 is 5.97 Å². The van der Waals surface area contributed by atoms with Gasteiger partial charge < -0.3 is 10.1 Å². The standard InChI is InChI=1S/C16H21ClN2O3/c1-10-5-3-7-13(11(10)2)19-14(20)9-22-16(21)12-6-4-8-18-15(12)17/h4,6,8,10-11,13H,3,5,7,9H2,1-2H3,(H,19,20)/t10-,11+,13-/m1/s1. The quantitative estimate of drug-likeness (QED) is 0.683. The molecule has 0 aromatic carbocycles. The van der Waals surface area contributed by atoms with Crippen molar-refractivity contribution in [2.24, 2.45) is 11.8 Å². The third-order valence-electron chi connectivity index (χ3n) is 4.37. The lowest BCUT2D eigenvalue weighted by Crippen LogP contribution is -2.45. The second-order valence-corrected chi connectivity index (χ2v) is 6.22. The summed E-state index contributed by atoms with van der Waals surface area (Å²) in [4.78, 5) is 27.6. The molecule has 1 saturated carbocycles. The fourth-order valence-corrected chi connectivity index (χ4v) is 2.98. The van der Waals surface area contributed by atoms with Gasteiger partial charge >= 0.3 is 5.97 Å². The normalized spacial score (nSPS) is 24.6. The Kier molecular flexibility index (Phi) is 5.77. The number of nitrogens with one attached hydrogen (secondary N) is 1. The SMILES string of the molecule is C[C@H]1[C@H](C)CCC[C@H]1NC(=O)COC(=O)c1cccnc1Cl. The van der Waals surface area contributed by atoms with Crippen molar-refractivity contribution in [3.05, 3.63) is 29.0 Å². The summed E-state index contributed by atoms with van der Waals surface area (Å²) in [6, 6.07) is 3.26. The molecule has 1 aromatic rings. The molecule has 0 spiro atoms. The Morgan fingerprint density at radius 2 is 2.18 bits per heavy atom. The number of amides is 1.